The van der Waals surface area contributed by atoms with E-state index in [0.717, 1.165) is 5.56 Å². The van der Waals surface area contributed by atoms with Crippen LogP contribution in [0.1, 0.15) is 31.9 Å². The van der Waals surface area contributed by atoms with Gasteiger partial charge in [-0.25, -0.2) is 9.18 Å². The van der Waals surface area contributed by atoms with Gasteiger partial charge in [0, 0.05) is 18.3 Å². The highest BCUT2D eigenvalue weighted by atomic mass is 19.1. The van der Waals surface area contributed by atoms with Crippen LogP contribution < -0.4 is 5.32 Å². The molecule has 124 valence electrons. The normalized spacial score (nSPS) is 10.8. The fourth-order valence-electron chi connectivity index (χ4n) is 1.95. The van der Waals surface area contributed by atoms with Crippen molar-refractivity contribution in [2.24, 2.45) is 0 Å². The van der Waals surface area contributed by atoms with E-state index in [0.29, 0.717) is 11.3 Å². The molecule has 0 saturated heterocycles. The number of nitriles is 1. The minimum Gasteiger partial charge on any atom is -0.444 e. The Bertz CT molecular complexity index is 774. The topological polar surface area (TPSA) is 75.0 Å². The fraction of sp³-hybridized carbons (Fsp3) is 0.278. The Hall–Kier alpha value is -2.94. The Labute approximate surface area is 140 Å². The number of nitrogens with one attached hydrogen (secondary N) is 1. The zero-order valence-electron chi connectivity index (χ0n) is 13.8. The van der Waals surface area contributed by atoms with Gasteiger partial charge < -0.3 is 10.1 Å². The molecule has 0 aliphatic rings. The predicted octanol–water partition coefficient (Wildman–Crippen LogP) is 3.78. The smallest absolute Gasteiger partial charge is 0.407 e. The van der Waals surface area contributed by atoms with E-state index in [1.807, 2.05) is 0 Å². The van der Waals surface area contributed by atoms with Crippen molar-refractivity contribution in [3.63, 3.8) is 0 Å². The maximum absolute atomic E-state index is 13.6. The fourth-order valence-corrected chi connectivity index (χ4v) is 1.95. The minimum atomic E-state index is -0.576. The summed E-state index contributed by atoms with van der Waals surface area (Å²) in [4.78, 5) is 15.9. The zero-order valence-corrected chi connectivity index (χ0v) is 13.8. The van der Waals surface area contributed by atoms with Gasteiger partial charge in [0.2, 0.25) is 0 Å². The summed E-state index contributed by atoms with van der Waals surface area (Å²) in [5.74, 6) is -0.576. The Morgan fingerprint density at radius 3 is 2.62 bits per heavy atom. The van der Waals surface area contributed by atoms with Crippen LogP contribution in [0.4, 0.5) is 9.18 Å². The highest BCUT2D eigenvalue weighted by molar-refractivity contribution is 5.67. The molecule has 1 amide bonds. The number of benzene rings is 1. The molecule has 6 heteroatoms. The molecule has 0 fully saturated rings. The second kappa shape index (κ2) is 7.09. The zero-order chi connectivity index (χ0) is 17.7. The van der Waals surface area contributed by atoms with Gasteiger partial charge in [0.1, 0.15) is 17.5 Å². The SMILES string of the molecule is CC(C)(C)OC(=O)NCc1ccc(-c2ccc(C#N)c(F)c2)nc1. The number of hydrogen-bond donors (Lipinski definition) is 1. The maximum atomic E-state index is 13.6. The van der Waals surface area contributed by atoms with Crippen LogP contribution >= 0.6 is 0 Å². The third kappa shape index (κ3) is 4.78. The number of rotatable bonds is 3. The number of ether oxygens (including phenoxy) is 1. The van der Waals surface area contributed by atoms with Crippen molar-refractivity contribution in [1.29, 1.82) is 5.26 Å². The molecule has 0 aliphatic carbocycles. The quantitative estimate of drug-likeness (QED) is 0.931. The lowest BCUT2D eigenvalue weighted by atomic mass is 10.1. The number of halogens is 1. The first-order valence-corrected chi connectivity index (χ1v) is 7.40. The largest absolute Gasteiger partial charge is 0.444 e. The van der Waals surface area contributed by atoms with Gasteiger partial charge in [0.25, 0.3) is 0 Å². The van der Waals surface area contributed by atoms with E-state index >= 15 is 0 Å². The molecule has 5 nitrogen and oxygen atoms in total. The van der Waals surface area contributed by atoms with Crippen molar-refractivity contribution in [2.45, 2.75) is 32.9 Å². The molecule has 1 aromatic carbocycles. The van der Waals surface area contributed by atoms with Gasteiger partial charge >= 0.3 is 6.09 Å². The monoisotopic (exact) mass is 327 g/mol. The van der Waals surface area contributed by atoms with E-state index < -0.39 is 17.5 Å². The van der Waals surface area contributed by atoms with E-state index in [1.54, 1.807) is 51.2 Å². The summed E-state index contributed by atoms with van der Waals surface area (Å²) in [7, 11) is 0. The van der Waals surface area contributed by atoms with Crippen LogP contribution in [0, 0.1) is 17.1 Å². The number of hydrogen-bond acceptors (Lipinski definition) is 4. The Kier molecular flexibility index (Phi) is 5.14. The van der Waals surface area contributed by atoms with Crippen LogP contribution in [0.3, 0.4) is 0 Å². The van der Waals surface area contributed by atoms with Gasteiger partial charge in [0.15, 0.2) is 0 Å². The molecular weight excluding hydrogens is 309 g/mol. The number of amides is 1. The van der Waals surface area contributed by atoms with Crippen molar-refractivity contribution < 1.29 is 13.9 Å². The van der Waals surface area contributed by atoms with E-state index in [2.05, 4.69) is 10.3 Å². The van der Waals surface area contributed by atoms with E-state index in [9.17, 15) is 9.18 Å². The van der Waals surface area contributed by atoms with Crippen LogP contribution in [0.5, 0.6) is 0 Å². The molecule has 1 aromatic heterocycles. The molecule has 0 radical (unpaired) electrons. The van der Waals surface area contributed by atoms with Gasteiger partial charge in [-0.15, -0.1) is 0 Å². The molecule has 0 aliphatic heterocycles. The average Bonchev–Trinajstić information content (AvgIpc) is 2.52. The second-order valence-electron chi connectivity index (χ2n) is 6.21. The van der Waals surface area contributed by atoms with Crippen molar-refractivity contribution in [3.05, 3.63) is 53.5 Å². The van der Waals surface area contributed by atoms with Gasteiger partial charge in [-0.1, -0.05) is 12.1 Å². The van der Waals surface area contributed by atoms with E-state index in [1.165, 1.54) is 12.1 Å². The Balaban J connectivity index is 2.02. The minimum absolute atomic E-state index is 0.00284. The molecular formula is C18H18FN3O2. The third-order valence-electron chi connectivity index (χ3n) is 3.05. The third-order valence-corrected chi connectivity index (χ3v) is 3.05. The van der Waals surface area contributed by atoms with Crippen LogP contribution in [0.15, 0.2) is 36.5 Å². The Morgan fingerprint density at radius 2 is 2.08 bits per heavy atom. The van der Waals surface area contributed by atoms with Crippen molar-refractivity contribution in [1.82, 2.24) is 10.3 Å². The molecule has 0 unspecified atom stereocenters. The first kappa shape index (κ1) is 17.4. The lowest BCUT2D eigenvalue weighted by Crippen LogP contribution is -2.32. The number of alkyl carbamates (subject to hydrolysis) is 1. The standard InChI is InChI=1S/C18H18FN3O2/c1-18(2,3)24-17(23)22-11-12-4-7-16(21-10-12)13-5-6-14(9-20)15(19)8-13/h4-8,10H,11H2,1-3H3,(H,22,23). The first-order chi connectivity index (χ1) is 11.3. The lowest BCUT2D eigenvalue weighted by Gasteiger charge is -2.19. The van der Waals surface area contributed by atoms with Crippen molar-refractivity contribution in [2.75, 3.05) is 0 Å². The molecule has 2 rings (SSSR count). The number of carbonyl (C=O) groups is 1. The second-order valence-corrected chi connectivity index (χ2v) is 6.21. The van der Waals surface area contributed by atoms with E-state index in [4.69, 9.17) is 10.00 Å². The van der Waals surface area contributed by atoms with Crippen molar-refractivity contribution >= 4 is 6.09 Å². The number of aromatic nitrogens is 1. The van der Waals surface area contributed by atoms with Crippen molar-refractivity contribution in [3.8, 4) is 17.3 Å². The van der Waals surface area contributed by atoms with Crippen LogP contribution in [0.25, 0.3) is 11.3 Å². The highest BCUT2D eigenvalue weighted by Gasteiger charge is 2.15. The lowest BCUT2D eigenvalue weighted by molar-refractivity contribution is 0.0523. The van der Waals surface area contributed by atoms with Gasteiger partial charge in [0.05, 0.1) is 11.3 Å². The van der Waals surface area contributed by atoms with Crippen LogP contribution in [-0.4, -0.2) is 16.7 Å². The summed E-state index contributed by atoms with van der Waals surface area (Å²) < 4.78 is 18.8. The molecule has 0 saturated carbocycles. The summed E-state index contributed by atoms with van der Waals surface area (Å²) in [6.45, 7) is 5.66. The van der Waals surface area contributed by atoms with E-state index in [-0.39, 0.29) is 12.1 Å². The Morgan fingerprint density at radius 1 is 1.33 bits per heavy atom. The summed E-state index contributed by atoms with van der Waals surface area (Å²) in [6.07, 6.45) is 1.10. The van der Waals surface area contributed by atoms with Crippen LogP contribution in [-0.2, 0) is 11.3 Å². The molecule has 0 atom stereocenters. The van der Waals surface area contributed by atoms with Crippen LogP contribution in [0.2, 0.25) is 0 Å². The molecule has 0 spiro atoms. The summed E-state index contributed by atoms with van der Waals surface area (Å²) >= 11 is 0. The highest BCUT2D eigenvalue weighted by Crippen LogP contribution is 2.20. The number of carbonyl (C=O) groups excluding carboxylic acids is 1. The molecule has 2 aromatic rings. The van der Waals surface area contributed by atoms with Gasteiger partial charge in [-0.3, -0.25) is 4.98 Å². The predicted molar refractivity (Wildman–Crippen MR) is 87.4 cm³/mol. The summed E-state index contributed by atoms with van der Waals surface area (Å²) in [6, 6.07) is 9.64. The summed E-state index contributed by atoms with van der Waals surface area (Å²) in [5, 5.41) is 11.4. The first-order valence-electron chi connectivity index (χ1n) is 7.40. The number of pyridine rings is 1. The molecule has 1 N–H and O–H groups in total. The molecule has 1 heterocycles. The van der Waals surface area contributed by atoms with Gasteiger partial charge in [-0.2, -0.15) is 5.26 Å². The maximum Gasteiger partial charge on any atom is 0.407 e. The molecule has 24 heavy (non-hydrogen) atoms. The van der Waals surface area contributed by atoms with Gasteiger partial charge in [-0.05, 0) is 44.5 Å². The number of nitrogens with zero attached hydrogens (tertiary/aromatic N) is 2. The summed E-state index contributed by atoms with van der Waals surface area (Å²) in [5.41, 5.74) is 1.40. The average molecular weight is 327 g/mol. The molecule has 0 bridgehead atoms.